The van der Waals surface area contributed by atoms with Crippen LogP contribution >= 0.6 is 0 Å². The predicted molar refractivity (Wildman–Crippen MR) is 63.9 cm³/mol. The highest BCUT2D eigenvalue weighted by Gasteiger charge is 2.37. The lowest BCUT2D eigenvalue weighted by Gasteiger charge is -2.11. The first-order valence-corrected chi connectivity index (χ1v) is 5.67. The van der Waals surface area contributed by atoms with Gasteiger partial charge in [0.25, 0.3) is 0 Å². The minimum absolute atomic E-state index is 0.0385. The first-order chi connectivity index (χ1) is 7.50. The van der Waals surface area contributed by atoms with Crippen LogP contribution in [0.15, 0.2) is 24.3 Å². The molecule has 3 nitrogen and oxygen atoms in total. The van der Waals surface area contributed by atoms with E-state index in [2.05, 4.69) is 0 Å². The molecule has 16 heavy (non-hydrogen) atoms. The van der Waals surface area contributed by atoms with Crippen molar-refractivity contribution in [3.63, 3.8) is 0 Å². The van der Waals surface area contributed by atoms with Crippen molar-refractivity contribution in [1.82, 2.24) is 0 Å². The Labute approximate surface area is 95.8 Å². The van der Waals surface area contributed by atoms with Gasteiger partial charge in [-0.2, -0.15) is 0 Å². The Morgan fingerprint density at radius 2 is 1.94 bits per heavy atom. The molecule has 0 heterocycles. The van der Waals surface area contributed by atoms with Crippen LogP contribution in [-0.4, -0.2) is 11.4 Å². The Kier molecular flexibility index (Phi) is 2.72. The number of nitrogens with two attached hydrogens (primary N) is 2. The van der Waals surface area contributed by atoms with Gasteiger partial charge in [-0.15, -0.1) is 0 Å². The van der Waals surface area contributed by atoms with E-state index in [0.29, 0.717) is 0 Å². The number of hydrogen-bond donors (Lipinski definition) is 2. The topological polar surface area (TPSA) is 69.1 Å². The van der Waals surface area contributed by atoms with Gasteiger partial charge in [-0.3, -0.25) is 4.79 Å². The highest BCUT2D eigenvalue weighted by Crippen LogP contribution is 2.35. The fourth-order valence-corrected chi connectivity index (χ4v) is 1.83. The molecule has 0 spiro atoms. The molecule has 1 fully saturated rings. The lowest BCUT2D eigenvalue weighted by atomic mass is 9.97. The fraction of sp³-hybridized carbons (Fsp3) is 0.462. The van der Waals surface area contributed by atoms with E-state index in [-0.39, 0.29) is 17.4 Å². The summed E-state index contributed by atoms with van der Waals surface area (Å²) in [5.74, 6) is -0.507. The molecule has 1 aliphatic carbocycles. The molecular formula is C13H18N2O. The summed E-state index contributed by atoms with van der Waals surface area (Å²) in [6.45, 7) is 1.82. The van der Waals surface area contributed by atoms with E-state index in [9.17, 15) is 4.79 Å². The van der Waals surface area contributed by atoms with Crippen molar-refractivity contribution in [3.8, 4) is 0 Å². The summed E-state index contributed by atoms with van der Waals surface area (Å²) in [7, 11) is 0. The number of primary amides is 1. The average Bonchev–Trinajstić information content (AvgIpc) is 2.96. The first-order valence-electron chi connectivity index (χ1n) is 5.67. The van der Waals surface area contributed by atoms with Crippen molar-refractivity contribution in [2.45, 2.75) is 37.6 Å². The van der Waals surface area contributed by atoms with E-state index in [1.807, 2.05) is 31.2 Å². The highest BCUT2D eigenvalue weighted by atomic mass is 16.1. The minimum atomic E-state index is -0.287. The van der Waals surface area contributed by atoms with E-state index in [1.165, 1.54) is 5.56 Å². The molecule has 0 aliphatic heterocycles. The van der Waals surface area contributed by atoms with Gasteiger partial charge in [0.05, 0.1) is 5.92 Å². The molecule has 1 aliphatic rings. The Bertz CT molecular complexity index is 393. The van der Waals surface area contributed by atoms with Crippen molar-refractivity contribution >= 4 is 5.91 Å². The molecule has 4 N–H and O–H groups in total. The third-order valence-corrected chi connectivity index (χ3v) is 3.35. The SMILES string of the molecule is CC(C(N)=O)c1ccc(CC2(N)CC2)cc1. The van der Waals surface area contributed by atoms with Crippen LogP contribution in [0.4, 0.5) is 0 Å². The maximum atomic E-state index is 11.0. The van der Waals surface area contributed by atoms with E-state index in [4.69, 9.17) is 11.5 Å². The smallest absolute Gasteiger partial charge is 0.224 e. The van der Waals surface area contributed by atoms with Crippen molar-refractivity contribution in [2.24, 2.45) is 11.5 Å². The molecule has 1 aromatic carbocycles. The second-order valence-corrected chi connectivity index (χ2v) is 4.90. The Balaban J connectivity index is 2.07. The normalized spacial score (nSPS) is 19.1. The van der Waals surface area contributed by atoms with E-state index >= 15 is 0 Å². The van der Waals surface area contributed by atoms with Gasteiger partial charge in [-0.25, -0.2) is 0 Å². The molecule has 3 heteroatoms. The summed E-state index contributed by atoms with van der Waals surface area (Å²) in [4.78, 5) is 11.0. The molecule has 2 rings (SSSR count). The highest BCUT2D eigenvalue weighted by molar-refractivity contribution is 5.81. The van der Waals surface area contributed by atoms with Crippen LogP contribution in [-0.2, 0) is 11.2 Å². The molecule has 1 amide bonds. The van der Waals surface area contributed by atoms with Crippen LogP contribution in [0.3, 0.4) is 0 Å². The van der Waals surface area contributed by atoms with Gasteiger partial charge in [0.2, 0.25) is 5.91 Å². The van der Waals surface area contributed by atoms with Crippen molar-refractivity contribution < 1.29 is 4.79 Å². The second-order valence-electron chi connectivity index (χ2n) is 4.90. The molecule has 1 unspecified atom stereocenters. The quantitative estimate of drug-likeness (QED) is 0.800. The summed E-state index contributed by atoms with van der Waals surface area (Å²) in [5.41, 5.74) is 13.6. The Morgan fingerprint density at radius 1 is 1.38 bits per heavy atom. The second kappa shape index (κ2) is 3.91. The molecule has 0 bridgehead atoms. The Morgan fingerprint density at radius 3 is 2.38 bits per heavy atom. The van der Waals surface area contributed by atoms with Crippen LogP contribution in [0.2, 0.25) is 0 Å². The molecule has 0 saturated heterocycles. The summed E-state index contributed by atoms with van der Waals surface area (Å²) in [6, 6.07) is 8.02. The number of hydrogen-bond acceptors (Lipinski definition) is 2. The maximum absolute atomic E-state index is 11.0. The van der Waals surface area contributed by atoms with Gasteiger partial charge in [0, 0.05) is 5.54 Å². The van der Waals surface area contributed by atoms with E-state index < -0.39 is 0 Å². The van der Waals surface area contributed by atoms with Crippen LogP contribution < -0.4 is 11.5 Å². The molecule has 1 atom stereocenters. The minimum Gasteiger partial charge on any atom is -0.369 e. The summed E-state index contributed by atoms with van der Waals surface area (Å²) in [6.07, 6.45) is 3.16. The number of benzene rings is 1. The standard InChI is InChI=1S/C13H18N2O/c1-9(12(14)16)11-4-2-10(3-5-11)8-13(15)6-7-13/h2-5,9H,6-8,15H2,1H3,(H2,14,16). The average molecular weight is 218 g/mol. The van der Waals surface area contributed by atoms with Gasteiger partial charge in [-0.1, -0.05) is 24.3 Å². The van der Waals surface area contributed by atoms with Gasteiger partial charge < -0.3 is 11.5 Å². The largest absolute Gasteiger partial charge is 0.369 e. The van der Waals surface area contributed by atoms with Crippen molar-refractivity contribution in [2.75, 3.05) is 0 Å². The van der Waals surface area contributed by atoms with Gasteiger partial charge in [-0.05, 0) is 37.3 Å². The lowest BCUT2D eigenvalue weighted by molar-refractivity contribution is -0.119. The summed E-state index contributed by atoms with van der Waals surface area (Å²) < 4.78 is 0. The van der Waals surface area contributed by atoms with Crippen molar-refractivity contribution in [3.05, 3.63) is 35.4 Å². The summed E-state index contributed by atoms with van der Waals surface area (Å²) >= 11 is 0. The maximum Gasteiger partial charge on any atom is 0.224 e. The van der Waals surface area contributed by atoms with Crippen molar-refractivity contribution in [1.29, 1.82) is 0 Å². The number of carbonyl (C=O) groups is 1. The fourth-order valence-electron chi connectivity index (χ4n) is 1.83. The van der Waals surface area contributed by atoms with E-state index in [0.717, 1.165) is 24.8 Å². The van der Waals surface area contributed by atoms with Crippen LogP contribution in [0.5, 0.6) is 0 Å². The van der Waals surface area contributed by atoms with Crippen LogP contribution in [0.25, 0.3) is 0 Å². The molecular weight excluding hydrogens is 200 g/mol. The first kappa shape index (κ1) is 11.1. The van der Waals surface area contributed by atoms with Crippen LogP contribution in [0, 0.1) is 0 Å². The predicted octanol–water partition coefficient (Wildman–Crippen LogP) is 1.31. The number of amides is 1. The number of rotatable bonds is 4. The molecule has 0 radical (unpaired) electrons. The van der Waals surface area contributed by atoms with Crippen LogP contribution in [0.1, 0.15) is 36.8 Å². The Hall–Kier alpha value is -1.35. The molecule has 86 valence electrons. The number of carbonyl (C=O) groups excluding carboxylic acids is 1. The van der Waals surface area contributed by atoms with Gasteiger partial charge >= 0.3 is 0 Å². The zero-order valence-electron chi connectivity index (χ0n) is 9.57. The third kappa shape index (κ3) is 2.42. The molecule has 1 saturated carbocycles. The van der Waals surface area contributed by atoms with E-state index in [1.54, 1.807) is 0 Å². The zero-order valence-corrected chi connectivity index (χ0v) is 9.57. The van der Waals surface area contributed by atoms with Gasteiger partial charge in [0.15, 0.2) is 0 Å². The monoisotopic (exact) mass is 218 g/mol. The lowest BCUT2D eigenvalue weighted by Crippen LogP contribution is -2.24. The van der Waals surface area contributed by atoms with Gasteiger partial charge in [0.1, 0.15) is 0 Å². The zero-order chi connectivity index (χ0) is 11.8. The summed E-state index contributed by atoms with van der Waals surface area (Å²) in [5, 5.41) is 0. The molecule has 0 aromatic heterocycles. The third-order valence-electron chi connectivity index (χ3n) is 3.35. The molecule has 1 aromatic rings.